The number of aromatic nitrogens is 1. The summed E-state index contributed by atoms with van der Waals surface area (Å²) in [5, 5.41) is 0.342. The second-order valence-corrected chi connectivity index (χ2v) is 6.49. The first-order valence-corrected chi connectivity index (χ1v) is 7.59. The molecule has 2 unspecified atom stereocenters. The van der Waals surface area contributed by atoms with Crippen molar-refractivity contribution < 1.29 is 22.1 Å². The smallest absolute Gasteiger partial charge is 0.337 e. The highest BCUT2D eigenvalue weighted by Crippen LogP contribution is 2.41. The van der Waals surface area contributed by atoms with Crippen LogP contribution in [-0.2, 0) is 24.0 Å². The molecule has 1 aromatic rings. The number of hydrogen-bond donors (Lipinski definition) is 1. The van der Waals surface area contributed by atoms with Crippen molar-refractivity contribution in [2.24, 2.45) is 0 Å². The van der Waals surface area contributed by atoms with Crippen LogP contribution in [0, 0.1) is 0 Å². The average Bonchev–Trinajstić information content (AvgIpc) is 2.64. The molecule has 2 atom stereocenters. The van der Waals surface area contributed by atoms with Gasteiger partial charge in [0.25, 0.3) is 0 Å². The van der Waals surface area contributed by atoms with E-state index in [1.807, 2.05) is 0 Å². The molecule has 1 aliphatic rings. The maximum absolute atomic E-state index is 11.5. The van der Waals surface area contributed by atoms with Gasteiger partial charge in [-0.2, -0.15) is 13.1 Å². The van der Waals surface area contributed by atoms with E-state index in [-0.39, 0.29) is 0 Å². The second kappa shape index (κ2) is 5.55. The summed E-state index contributed by atoms with van der Waals surface area (Å²) in [5.74, 6) is -0.995. The van der Waals surface area contributed by atoms with Crippen molar-refractivity contribution in [1.82, 2.24) is 9.71 Å². The van der Waals surface area contributed by atoms with Crippen molar-refractivity contribution in [2.75, 3.05) is 7.05 Å². The number of hydrogen-bond acceptors (Lipinski definition) is 6. The van der Waals surface area contributed by atoms with E-state index < -0.39 is 28.5 Å². The number of pyridine rings is 1. The molecule has 0 bridgehead atoms. The fraction of sp³-hybridized carbons (Fsp3) is 0.545. The van der Waals surface area contributed by atoms with E-state index in [0.717, 1.165) is 0 Å². The normalized spacial score (nSPS) is 25.8. The second-order valence-electron chi connectivity index (χ2n) is 4.58. The Kier molecular flexibility index (Phi) is 4.33. The van der Waals surface area contributed by atoms with Gasteiger partial charge in [0.1, 0.15) is 6.10 Å². The molecule has 7 nitrogen and oxygen atoms in total. The third-order valence-electron chi connectivity index (χ3n) is 2.64. The van der Waals surface area contributed by atoms with Crippen LogP contribution in [0.2, 0.25) is 5.02 Å². The molecule has 1 saturated heterocycles. The summed E-state index contributed by atoms with van der Waals surface area (Å²) in [6, 6.07) is 1.63. The van der Waals surface area contributed by atoms with Gasteiger partial charge in [0.2, 0.25) is 6.29 Å². The lowest BCUT2D eigenvalue weighted by Gasteiger charge is -2.17. The molecule has 2 heterocycles. The van der Waals surface area contributed by atoms with Gasteiger partial charge in [0.05, 0.1) is 5.02 Å². The number of halogens is 1. The van der Waals surface area contributed by atoms with E-state index in [9.17, 15) is 8.42 Å². The Morgan fingerprint density at radius 2 is 2.15 bits per heavy atom. The number of nitrogens with zero attached hydrogens (tertiary/aromatic N) is 1. The van der Waals surface area contributed by atoms with Crippen molar-refractivity contribution in [3.8, 4) is 0 Å². The minimum absolute atomic E-state index is 0.342. The zero-order valence-corrected chi connectivity index (χ0v) is 12.7. The molecule has 0 saturated carbocycles. The Hall–Kier alpha value is -0.770. The van der Waals surface area contributed by atoms with Gasteiger partial charge in [-0.25, -0.2) is 4.18 Å². The van der Waals surface area contributed by atoms with Gasteiger partial charge in [0.15, 0.2) is 5.79 Å². The lowest BCUT2D eigenvalue weighted by atomic mass is 10.1. The van der Waals surface area contributed by atoms with Gasteiger partial charge < -0.3 is 9.47 Å². The van der Waals surface area contributed by atoms with Crippen molar-refractivity contribution >= 4 is 21.9 Å². The standard InChI is InChI=1S/C11H15ClN2O5S/c1-11(2)17-9(7-4-5-14-6-8(7)12)10(18-11)19-20(15,16)13-3/h4-6,9-10,13H,1-3H3. The molecular formula is C11H15ClN2O5S. The van der Waals surface area contributed by atoms with Gasteiger partial charge in [-0.1, -0.05) is 11.6 Å². The Balaban J connectivity index is 2.32. The van der Waals surface area contributed by atoms with Crippen LogP contribution in [0.4, 0.5) is 0 Å². The van der Waals surface area contributed by atoms with Gasteiger partial charge >= 0.3 is 10.3 Å². The van der Waals surface area contributed by atoms with Crippen LogP contribution in [-0.4, -0.2) is 32.5 Å². The zero-order valence-electron chi connectivity index (χ0n) is 11.2. The van der Waals surface area contributed by atoms with E-state index in [0.29, 0.717) is 10.6 Å². The van der Waals surface area contributed by atoms with Crippen molar-refractivity contribution in [3.63, 3.8) is 0 Å². The molecule has 1 aliphatic heterocycles. The van der Waals surface area contributed by atoms with Crippen molar-refractivity contribution in [2.45, 2.75) is 32.0 Å². The minimum atomic E-state index is -3.92. The summed E-state index contributed by atoms with van der Waals surface area (Å²) in [6.07, 6.45) is 1.06. The first-order valence-electron chi connectivity index (χ1n) is 5.81. The first-order chi connectivity index (χ1) is 9.24. The summed E-state index contributed by atoms with van der Waals surface area (Å²) < 4.78 is 41.2. The molecule has 1 N–H and O–H groups in total. The van der Waals surface area contributed by atoms with E-state index in [1.54, 1.807) is 19.9 Å². The SMILES string of the molecule is CNS(=O)(=O)OC1OC(C)(C)OC1c1ccncc1Cl. The maximum atomic E-state index is 11.5. The Bertz CT molecular complexity index is 592. The molecule has 1 aromatic heterocycles. The fourth-order valence-corrected chi connectivity index (χ4v) is 2.51. The predicted octanol–water partition coefficient (Wildman–Crippen LogP) is 1.37. The summed E-state index contributed by atoms with van der Waals surface area (Å²) in [4.78, 5) is 3.87. The average molecular weight is 323 g/mol. The molecule has 1 fully saturated rings. The highest BCUT2D eigenvalue weighted by molar-refractivity contribution is 7.84. The molecule has 112 valence electrons. The quantitative estimate of drug-likeness (QED) is 0.901. The third kappa shape index (κ3) is 3.46. The first kappa shape index (κ1) is 15.6. The van der Waals surface area contributed by atoms with Crippen LogP contribution in [0.3, 0.4) is 0 Å². The van der Waals surface area contributed by atoms with Crippen LogP contribution >= 0.6 is 11.6 Å². The molecule has 0 amide bonds. The van der Waals surface area contributed by atoms with Gasteiger partial charge in [-0.3, -0.25) is 4.98 Å². The molecule has 0 aromatic carbocycles. The lowest BCUT2D eigenvalue weighted by Crippen LogP contribution is -2.31. The fourth-order valence-electron chi connectivity index (χ4n) is 1.80. The summed E-state index contributed by atoms with van der Waals surface area (Å²) in [5.41, 5.74) is 0.545. The third-order valence-corrected chi connectivity index (χ3v) is 3.90. The van der Waals surface area contributed by atoms with E-state index in [1.165, 1.54) is 19.4 Å². The molecule has 9 heteroatoms. The highest BCUT2D eigenvalue weighted by Gasteiger charge is 2.45. The molecule has 2 rings (SSSR count). The minimum Gasteiger partial charge on any atom is -0.337 e. The Morgan fingerprint density at radius 1 is 1.45 bits per heavy atom. The largest absolute Gasteiger partial charge is 0.338 e. The van der Waals surface area contributed by atoms with Crippen LogP contribution in [0.25, 0.3) is 0 Å². The van der Waals surface area contributed by atoms with E-state index in [2.05, 4.69) is 9.71 Å². The van der Waals surface area contributed by atoms with Crippen LogP contribution in [0.15, 0.2) is 18.5 Å². The van der Waals surface area contributed by atoms with Crippen LogP contribution < -0.4 is 4.72 Å². The number of rotatable bonds is 4. The molecule has 0 radical (unpaired) electrons. The van der Waals surface area contributed by atoms with Gasteiger partial charge in [-0.15, -0.1) is 0 Å². The predicted molar refractivity (Wildman–Crippen MR) is 71.1 cm³/mol. The highest BCUT2D eigenvalue weighted by atomic mass is 35.5. The lowest BCUT2D eigenvalue weighted by molar-refractivity contribution is -0.167. The van der Waals surface area contributed by atoms with Gasteiger partial charge in [-0.05, 0) is 19.9 Å². The monoisotopic (exact) mass is 322 g/mol. The Morgan fingerprint density at radius 3 is 2.75 bits per heavy atom. The van der Waals surface area contributed by atoms with Crippen molar-refractivity contribution in [3.05, 3.63) is 29.0 Å². The zero-order chi connectivity index (χ0) is 15.0. The molecule has 0 aliphatic carbocycles. The van der Waals surface area contributed by atoms with Crippen LogP contribution in [0.5, 0.6) is 0 Å². The molecule has 20 heavy (non-hydrogen) atoms. The van der Waals surface area contributed by atoms with Crippen LogP contribution in [0.1, 0.15) is 25.5 Å². The van der Waals surface area contributed by atoms with Gasteiger partial charge in [0, 0.05) is 25.0 Å². The molecule has 0 spiro atoms. The topological polar surface area (TPSA) is 86.8 Å². The van der Waals surface area contributed by atoms with E-state index in [4.69, 9.17) is 25.3 Å². The number of nitrogens with one attached hydrogen (secondary N) is 1. The Labute approximate surface area is 122 Å². The summed E-state index contributed by atoms with van der Waals surface area (Å²) in [6.45, 7) is 3.31. The maximum Gasteiger partial charge on any atom is 0.338 e. The summed E-state index contributed by atoms with van der Waals surface area (Å²) >= 11 is 6.05. The van der Waals surface area contributed by atoms with Crippen molar-refractivity contribution in [1.29, 1.82) is 0 Å². The summed E-state index contributed by atoms with van der Waals surface area (Å²) in [7, 11) is -2.68. The molecular weight excluding hydrogens is 308 g/mol. The van der Waals surface area contributed by atoms with E-state index >= 15 is 0 Å². The number of ether oxygens (including phenoxy) is 2.